The third kappa shape index (κ3) is 6.72. The van der Waals surface area contributed by atoms with Crippen molar-refractivity contribution in [3.63, 3.8) is 0 Å². The number of nitrogens with one attached hydrogen (secondary N) is 1. The number of hydrogen-bond acceptors (Lipinski definition) is 6. The lowest BCUT2D eigenvalue weighted by Crippen LogP contribution is -2.32. The molecule has 9 nitrogen and oxygen atoms in total. The molecule has 0 bridgehead atoms. The molecule has 0 spiro atoms. The number of ether oxygens (including phenoxy) is 1. The molecule has 0 saturated carbocycles. The number of anilines is 1. The number of methoxy groups -OCH3 is 1. The zero-order valence-electron chi connectivity index (χ0n) is 23.4. The molecular formula is C30H27F3N6O3S. The van der Waals surface area contributed by atoms with Crippen molar-refractivity contribution >= 4 is 34.6 Å². The second-order valence-corrected chi connectivity index (χ2v) is 10.8. The lowest BCUT2D eigenvalue weighted by Gasteiger charge is -2.22. The third-order valence-electron chi connectivity index (χ3n) is 6.67. The standard InChI is InChI=1S/C30H27F3N6O3S/c1-18(2)24-13-12-23(42-3)14-25(24)39-26(40)16-43-29(39)36-28(41)34-15-19-4-6-20(7-5-19)27-35-17-38(37-27)22-10-8-21(9-11-22)30(31,32)33/h4-14,17-18H,15-16H2,1-3H3,(H,34,41). The van der Waals surface area contributed by atoms with Crippen molar-refractivity contribution in [2.24, 2.45) is 4.99 Å². The Labute approximate surface area is 249 Å². The van der Waals surface area contributed by atoms with E-state index in [0.29, 0.717) is 33.7 Å². The van der Waals surface area contributed by atoms with Crippen LogP contribution >= 0.6 is 11.8 Å². The second-order valence-electron chi connectivity index (χ2n) is 9.90. The third-order valence-corrected chi connectivity index (χ3v) is 7.59. The van der Waals surface area contributed by atoms with Crippen LogP contribution in [0, 0.1) is 0 Å². The lowest BCUT2D eigenvalue weighted by atomic mass is 10.00. The minimum absolute atomic E-state index is 0.131. The number of benzene rings is 3. The minimum atomic E-state index is -4.41. The molecule has 3 aromatic carbocycles. The van der Waals surface area contributed by atoms with E-state index in [2.05, 4.69) is 20.4 Å². The van der Waals surface area contributed by atoms with Gasteiger partial charge in [-0.15, -0.1) is 5.10 Å². The number of thioether (sulfide) groups is 1. The summed E-state index contributed by atoms with van der Waals surface area (Å²) in [6.45, 7) is 4.24. The topological polar surface area (TPSA) is 102 Å². The molecule has 222 valence electrons. The van der Waals surface area contributed by atoms with Gasteiger partial charge in [0.2, 0.25) is 5.91 Å². The smallest absolute Gasteiger partial charge is 0.416 e. The highest BCUT2D eigenvalue weighted by molar-refractivity contribution is 8.15. The number of rotatable bonds is 7. The summed E-state index contributed by atoms with van der Waals surface area (Å²) < 4.78 is 45.3. The molecule has 1 saturated heterocycles. The zero-order valence-corrected chi connectivity index (χ0v) is 24.2. The average Bonchev–Trinajstić information content (AvgIpc) is 3.62. The van der Waals surface area contributed by atoms with E-state index >= 15 is 0 Å². The summed E-state index contributed by atoms with van der Waals surface area (Å²) in [6, 6.07) is 16.7. The van der Waals surface area contributed by atoms with Gasteiger partial charge in [0.25, 0.3) is 0 Å². The molecule has 3 amide bonds. The molecule has 4 aromatic rings. The van der Waals surface area contributed by atoms with Gasteiger partial charge < -0.3 is 10.1 Å². The van der Waals surface area contributed by atoms with Crippen molar-refractivity contribution in [3.8, 4) is 22.8 Å². The molecule has 5 rings (SSSR count). The number of amidine groups is 1. The molecule has 2 heterocycles. The van der Waals surface area contributed by atoms with Crippen LogP contribution in [0.25, 0.3) is 17.1 Å². The monoisotopic (exact) mass is 608 g/mol. The van der Waals surface area contributed by atoms with E-state index in [4.69, 9.17) is 4.74 Å². The zero-order chi connectivity index (χ0) is 30.7. The average molecular weight is 609 g/mol. The largest absolute Gasteiger partial charge is 0.497 e. The summed E-state index contributed by atoms with van der Waals surface area (Å²) in [5.74, 6) is 1.12. The molecule has 1 aromatic heterocycles. The Morgan fingerprint density at radius 2 is 1.81 bits per heavy atom. The molecule has 1 fully saturated rings. The number of halogens is 3. The normalized spacial score (nSPS) is 14.5. The molecule has 0 unspecified atom stereocenters. The fourth-order valence-corrected chi connectivity index (χ4v) is 5.27. The summed E-state index contributed by atoms with van der Waals surface area (Å²) in [4.78, 5) is 35.4. The predicted molar refractivity (Wildman–Crippen MR) is 158 cm³/mol. The van der Waals surface area contributed by atoms with Crippen molar-refractivity contribution < 1.29 is 27.5 Å². The van der Waals surface area contributed by atoms with E-state index in [-0.39, 0.29) is 24.1 Å². The van der Waals surface area contributed by atoms with Gasteiger partial charge in [-0.2, -0.15) is 18.2 Å². The number of urea groups is 1. The van der Waals surface area contributed by atoms with Crippen molar-refractivity contribution in [2.75, 3.05) is 17.8 Å². The number of carbonyl (C=O) groups excluding carboxylic acids is 2. The van der Waals surface area contributed by atoms with Gasteiger partial charge in [-0.3, -0.25) is 9.69 Å². The molecular weight excluding hydrogens is 581 g/mol. The Bertz CT molecular complexity index is 1670. The summed E-state index contributed by atoms with van der Waals surface area (Å²) in [5.41, 5.74) is 2.76. The molecule has 1 aliphatic rings. The first-order chi connectivity index (χ1) is 20.5. The van der Waals surface area contributed by atoms with E-state index in [1.54, 1.807) is 37.4 Å². The van der Waals surface area contributed by atoms with Gasteiger partial charge in [-0.25, -0.2) is 14.5 Å². The van der Waals surface area contributed by atoms with Crippen LogP contribution < -0.4 is 15.0 Å². The Kier molecular flexibility index (Phi) is 8.53. The van der Waals surface area contributed by atoms with Gasteiger partial charge in [-0.05, 0) is 47.4 Å². The quantitative estimate of drug-likeness (QED) is 0.260. The van der Waals surface area contributed by atoms with Gasteiger partial charge in [-0.1, -0.05) is 55.9 Å². The Balaban J connectivity index is 1.24. The van der Waals surface area contributed by atoms with E-state index in [1.807, 2.05) is 26.0 Å². The lowest BCUT2D eigenvalue weighted by molar-refractivity contribution is -0.137. The first-order valence-electron chi connectivity index (χ1n) is 13.2. The molecule has 43 heavy (non-hydrogen) atoms. The summed E-state index contributed by atoms with van der Waals surface area (Å²) in [6.07, 6.45) is -2.99. The second kappa shape index (κ2) is 12.3. The summed E-state index contributed by atoms with van der Waals surface area (Å²) in [5, 5.41) is 7.41. The van der Waals surface area contributed by atoms with Gasteiger partial charge in [0.15, 0.2) is 11.0 Å². The summed E-state index contributed by atoms with van der Waals surface area (Å²) in [7, 11) is 1.55. The van der Waals surface area contributed by atoms with E-state index in [9.17, 15) is 22.8 Å². The van der Waals surface area contributed by atoms with Crippen LogP contribution in [0.4, 0.5) is 23.7 Å². The number of aliphatic imine (C=N–C) groups is 1. The fraction of sp³-hybridized carbons (Fsp3) is 0.233. The Hall–Kier alpha value is -4.65. The van der Waals surface area contributed by atoms with Gasteiger partial charge >= 0.3 is 12.2 Å². The Morgan fingerprint density at radius 1 is 1.09 bits per heavy atom. The first-order valence-corrected chi connectivity index (χ1v) is 14.2. The first kappa shape index (κ1) is 29.8. The van der Waals surface area contributed by atoms with Crippen molar-refractivity contribution in [1.82, 2.24) is 20.1 Å². The maximum absolute atomic E-state index is 12.8. The van der Waals surface area contributed by atoms with Crippen LogP contribution in [0.3, 0.4) is 0 Å². The van der Waals surface area contributed by atoms with Gasteiger partial charge in [0.1, 0.15) is 12.1 Å². The molecule has 13 heteroatoms. The van der Waals surface area contributed by atoms with Crippen LogP contribution in [0.5, 0.6) is 5.75 Å². The van der Waals surface area contributed by atoms with E-state index in [1.165, 1.54) is 39.8 Å². The van der Waals surface area contributed by atoms with Crippen LogP contribution in [-0.2, 0) is 17.5 Å². The predicted octanol–water partition coefficient (Wildman–Crippen LogP) is 6.43. The van der Waals surface area contributed by atoms with Crippen LogP contribution in [0.1, 0.15) is 36.5 Å². The van der Waals surface area contributed by atoms with E-state index in [0.717, 1.165) is 23.3 Å². The summed E-state index contributed by atoms with van der Waals surface area (Å²) >= 11 is 1.20. The fourth-order valence-electron chi connectivity index (χ4n) is 4.41. The number of alkyl halides is 3. The highest BCUT2D eigenvalue weighted by Crippen LogP contribution is 2.36. The van der Waals surface area contributed by atoms with Gasteiger partial charge in [0.05, 0.1) is 29.8 Å². The molecule has 1 N–H and O–H groups in total. The molecule has 0 atom stereocenters. The Morgan fingerprint density at radius 3 is 2.47 bits per heavy atom. The highest BCUT2D eigenvalue weighted by Gasteiger charge is 2.33. The van der Waals surface area contributed by atoms with Crippen LogP contribution in [0.2, 0.25) is 0 Å². The highest BCUT2D eigenvalue weighted by atomic mass is 32.2. The van der Waals surface area contributed by atoms with Crippen molar-refractivity contribution in [2.45, 2.75) is 32.5 Å². The van der Waals surface area contributed by atoms with Crippen LogP contribution in [0.15, 0.2) is 78.0 Å². The van der Waals surface area contributed by atoms with Crippen molar-refractivity contribution in [3.05, 3.63) is 89.7 Å². The molecule has 1 aliphatic heterocycles. The van der Waals surface area contributed by atoms with Crippen LogP contribution in [-0.4, -0.2) is 44.7 Å². The molecule has 0 aliphatic carbocycles. The molecule has 0 radical (unpaired) electrons. The SMILES string of the molecule is COc1ccc(C(C)C)c(N2C(=O)CSC2=NC(=O)NCc2ccc(-c3ncn(-c4ccc(C(F)(F)F)cc4)n3)cc2)c1. The number of nitrogens with zero attached hydrogens (tertiary/aromatic N) is 5. The number of hydrogen-bond donors (Lipinski definition) is 1. The maximum atomic E-state index is 12.8. The minimum Gasteiger partial charge on any atom is -0.497 e. The maximum Gasteiger partial charge on any atom is 0.416 e. The van der Waals surface area contributed by atoms with E-state index < -0.39 is 17.8 Å². The number of amides is 3. The van der Waals surface area contributed by atoms with Gasteiger partial charge in [0, 0.05) is 18.2 Å². The number of aromatic nitrogens is 3. The van der Waals surface area contributed by atoms with Crippen molar-refractivity contribution in [1.29, 1.82) is 0 Å². The number of carbonyl (C=O) groups is 2.